The SMILES string of the molecule is CNC(=O)c1c(-c2ccc(C)cc2)oc2cc(N(C)S(C)(=O)=O)c(-c3ccc4ncn(-c5cccc(C#N)c5)c4c3)cc12. The molecule has 43 heavy (non-hydrogen) atoms. The van der Waals surface area contributed by atoms with E-state index in [1.807, 2.05) is 66.1 Å². The largest absolute Gasteiger partial charge is 0.455 e. The number of nitriles is 1. The summed E-state index contributed by atoms with van der Waals surface area (Å²) < 4.78 is 34.9. The summed E-state index contributed by atoms with van der Waals surface area (Å²) in [6.45, 7) is 1.98. The second-order valence-corrected chi connectivity index (χ2v) is 12.3. The predicted molar refractivity (Wildman–Crippen MR) is 168 cm³/mol. The van der Waals surface area contributed by atoms with Crippen LogP contribution in [0.3, 0.4) is 0 Å². The van der Waals surface area contributed by atoms with Crippen molar-refractivity contribution in [2.24, 2.45) is 0 Å². The predicted octanol–water partition coefficient (Wildman–Crippen LogP) is 6.04. The van der Waals surface area contributed by atoms with Crippen LogP contribution in [-0.4, -0.2) is 44.2 Å². The average Bonchev–Trinajstić information content (AvgIpc) is 3.60. The lowest BCUT2D eigenvalue weighted by atomic mass is 9.98. The van der Waals surface area contributed by atoms with Crippen LogP contribution in [0.15, 0.2) is 89.6 Å². The van der Waals surface area contributed by atoms with Crippen molar-refractivity contribution >= 4 is 43.6 Å². The van der Waals surface area contributed by atoms with E-state index in [1.54, 1.807) is 37.6 Å². The Morgan fingerprint density at radius 1 is 1.02 bits per heavy atom. The van der Waals surface area contributed by atoms with Crippen LogP contribution in [0.4, 0.5) is 5.69 Å². The lowest BCUT2D eigenvalue weighted by molar-refractivity contribution is 0.0964. The zero-order valence-electron chi connectivity index (χ0n) is 23.9. The monoisotopic (exact) mass is 589 g/mol. The highest BCUT2D eigenvalue weighted by molar-refractivity contribution is 7.92. The molecule has 0 saturated carbocycles. The molecule has 0 aliphatic heterocycles. The van der Waals surface area contributed by atoms with Crippen LogP contribution in [0.25, 0.3) is 50.1 Å². The number of carbonyl (C=O) groups is 1. The number of sulfonamides is 1. The summed E-state index contributed by atoms with van der Waals surface area (Å²) in [5, 5.41) is 12.7. The fourth-order valence-corrected chi connectivity index (χ4v) is 5.68. The molecule has 10 heteroatoms. The van der Waals surface area contributed by atoms with Crippen molar-refractivity contribution in [3.8, 4) is 34.2 Å². The van der Waals surface area contributed by atoms with Gasteiger partial charge >= 0.3 is 0 Å². The summed E-state index contributed by atoms with van der Waals surface area (Å²) in [5.74, 6) is 0.0701. The molecule has 0 spiro atoms. The van der Waals surface area contributed by atoms with Crippen molar-refractivity contribution in [3.63, 3.8) is 0 Å². The summed E-state index contributed by atoms with van der Waals surface area (Å²) in [7, 11) is -0.618. The minimum atomic E-state index is -3.66. The Labute approximate surface area is 248 Å². The van der Waals surface area contributed by atoms with E-state index >= 15 is 0 Å². The Morgan fingerprint density at radius 2 is 1.77 bits per heavy atom. The van der Waals surface area contributed by atoms with E-state index < -0.39 is 10.0 Å². The molecule has 2 aromatic heterocycles. The third kappa shape index (κ3) is 4.90. The van der Waals surface area contributed by atoms with E-state index in [2.05, 4.69) is 16.4 Å². The van der Waals surface area contributed by atoms with Crippen molar-refractivity contribution in [3.05, 3.63) is 102 Å². The van der Waals surface area contributed by atoms with Crippen LogP contribution < -0.4 is 9.62 Å². The molecule has 0 radical (unpaired) electrons. The number of hydrogen-bond acceptors (Lipinski definition) is 6. The first-order chi connectivity index (χ1) is 20.6. The van der Waals surface area contributed by atoms with Crippen LogP contribution in [0, 0.1) is 18.3 Å². The number of hydrogen-bond donors (Lipinski definition) is 1. The molecule has 0 atom stereocenters. The van der Waals surface area contributed by atoms with Gasteiger partial charge in [-0.3, -0.25) is 13.7 Å². The quantitative estimate of drug-likeness (QED) is 0.253. The first kappa shape index (κ1) is 27.8. The van der Waals surface area contributed by atoms with Crippen molar-refractivity contribution in [1.29, 1.82) is 5.26 Å². The van der Waals surface area contributed by atoms with Gasteiger partial charge in [-0.1, -0.05) is 42.0 Å². The van der Waals surface area contributed by atoms with Crippen molar-refractivity contribution in [2.45, 2.75) is 6.92 Å². The van der Waals surface area contributed by atoms with Crippen molar-refractivity contribution in [2.75, 3.05) is 24.7 Å². The number of nitrogens with zero attached hydrogens (tertiary/aromatic N) is 4. The molecule has 1 amide bonds. The Morgan fingerprint density at radius 3 is 2.47 bits per heavy atom. The van der Waals surface area contributed by atoms with E-state index in [0.717, 1.165) is 34.1 Å². The molecule has 6 rings (SSSR count). The standard InChI is InChI=1S/C33H27N5O4S/c1-20-8-10-22(11-9-20)32-31(33(39)35-2)26-16-25(28(17-30(26)42-32)37(3)43(4,40)41)23-12-13-27-29(15-23)38(19-36-27)24-7-5-6-21(14-24)18-34/h5-17,19H,1-4H3,(H,35,39). The van der Waals surface area contributed by atoms with Crippen LogP contribution in [-0.2, 0) is 10.0 Å². The molecule has 0 saturated heterocycles. The van der Waals surface area contributed by atoms with E-state index in [9.17, 15) is 18.5 Å². The highest BCUT2D eigenvalue weighted by Gasteiger charge is 2.26. The Kier molecular flexibility index (Phi) is 6.75. The summed E-state index contributed by atoms with van der Waals surface area (Å²) in [4.78, 5) is 17.8. The molecular weight excluding hydrogens is 562 g/mol. The maximum Gasteiger partial charge on any atom is 0.255 e. The normalized spacial score (nSPS) is 11.5. The van der Waals surface area contributed by atoms with Gasteiger partial charge in [0, 0.05) is 42.4 Å². The fraction of sp³-hybridized carbons (Fsp3) is 0.121. The van der Waals surface area contributed by atoms with E-state index in [-0.39, 0.29) is 5.91 Å². The third-order valence-corrected chi connectivity index (χ3v) is 8.71. The van der Waals surface area contributed by atoms with Gasteiger partial charge < -0.3 is 9.73 Å². The van der Waals surface area contributed by atoms with Crippen molar-refractivity contribution in [1.82, 2.24) is 14.9 Å². The second kappa shape index (κ2) is 10.5. The van der Waals surface area contributed by atoms with E-state index in [1.165, 1.54) is 11.4 Å². The van der Waals surface area contributed by atoms with Gasteiger partial charge in [-0.2, -0.15) is 5.26 Å². The lowest BCUT2D eigenvalue weighted by Gasteiger charge is -2.21. The zero-order chi connectivity index (χ0) is 30.5. The number of carbonyl (C=O) groups excluding carboxylic acids is 1. The Hall–Kier alpha value is -5.40. The minimum Gasteiger partial charge on any atom is -0.455 e. The van der Waals surface area contributed by atoms with Gasteiger partial charge in [-0.05, 0) is 48.9 Å². The number of furan rings is 1. The van der Waals surface area contributed by atoms with Gasteiger partial charge in [-0.25, -0.2) is 13.4 Å². The maximum atomic E-state index is 13.3. The number of aromatic nitrogens is 2. The molecule has 4 aromatic carbocycles. The number of aryl methyl sites for hydroxylation is 1. The number of benzene rings is 4. The highest BCUT2D eigenvalue weighted by Crippen LogP contribution is 2.42. The molecule has 0 aliphatic carbocycles. The number of nitrogens with one attached hydrogen (secondary N) is 1. The Bertz CT molecular complexity index is 2210. The van der Waals surface area contributed by atoms with Crippen LogP contribution in [0.2, 0.25) is 0 Å². The summed E-state index contributed by atoms with van der Waals surface area (Å²) in [6, 6.07) is 26.1. The second-order valence-electron chi connectivity index (χ2n) is 10.3. The van der Waals surface area contributed by atoms with Crippen LogP contribution in [0.1, 0.15) is 21.5 Å². The van der Waals surface area contributed by atoms with Gasteiger partial charge in [0.15, 0.2) is 0 Å². The fourth-order valence-electron chi connectivity index (χ4n) is 5.17. The first-order valence-electron chi connectivity index (χ1n) is 13.4. The van der Waals surface area contributed by atoms with Gasteiger partial charge in [0.2, 0.25) is 10.0 Å². The topological polar surface area (TPSA) is 121 Å². The Balaban J connectivity index is 1.63. The summed E-state index contributed by atoms with van der Waals surface area (Å²) >= 11 is 0. The van der Waals surface area contributed by atoms with Gasteiger partial charge in [0.05, 0.1) is 40.2 Å². The lowest BCUT2D eigenvalue weighted by Crippen LogP contribution is -2.25. The number of rotatable bonds is 6. The first-order valence-corrected chi connectivity index (χ1v) is 15.3. The molecule has 0 fully saturated rings. The van der Waals surface area contributed by atoms with Gasteiger partial charge in [-0.15, -0.1) is 0 Å². The molecular formula is C33H27N5O4S. The number of amides is 1. The van der Waals surface area contributed by atoms with Gasteiger partial charge in [0.25, 0.3) is 5.91 Å². The average molecular weight is 590 g/mol. The highest BCUT2D eigenvalue weighted by atomic mass is 32.2. The van der Waals surface area contributed by atoms with Crippen molar-refractivity contribution < 1.29 is 17.6 Å². The molecule has 214 valence electrons. The number of anilines is 1. The van der Waals surface area contributed by atoms with Gasteiger partial charge in [0.1, 0.15) is 17.7 Å². The minimum absolute atomic E-state index is 0.324. The number of imidazole rings is 1. The molecule has 6 aromatic rings. The molecule has 0 unspecified atom stereocenters. The summed E-state index contributed by atoms with van der Waals surface area (Å²) in [5.41, 5.74) is 6.98. The smallest absolute Gasteiger partial charge is 0.255 e. The number of fused-ring (bicyclic) bond motifs is 2. The third-order valence-electron chi connectivity index (χ3n) is 7.52. The molecule has 0 bridgehead atoms. The summed E-state index contributed by atoms with van der Waals surface area (Å²) in [6.07, 6.45) is 2.82. The molecule has 2 heterocycles. The molecule has 0 aliphatic rings. The molecule has 9 nitrogen and oxygen atoms in total. The maximum absolute atomic E-state index is 13.3. The van der Waals surface area contributed by atoms with Crippen LogP contribution in [0.5, 0.6) is 0 Å². The van der Waals surface area contributed by atoms with E-state index in [4.69, 9.17) is 4.42 Å². The van der Waals surface area contributed by atoms with E-state index in [0.29, 0.717) is 44.7 Å². The zero-order valence-corrected chi connectivity index (χ0v) is 24.7. The van der Waals surface area contributed by atoms with Crippen LogP contribution >= 0.6 is 0 Å². The molecule has 1 N–H and O–H groups in total.